The van der Waals surface area contributed by atoms with E-state index in [0.717, 1.165) is 56.9 Å². The summed E-state index contributed by atoms with van der Waals surface area (Å²) >= 11 is 0. The van der Waals surface area contributed by atoms with Gasteiger partial charge in [0.2, 0.25) is 0 Å². The standard InChI is InChI=1S/C29H44O4/c1-17-18-9-10-28(6)22(26(18,4)16-21(30)23(17)31)8-7-19-20-15-25(2,3)11-13-29(20,24(32)33)14-12-27(19,28)5/h7,18,20-23,30-31H,1,8-16H2,2-6H3,(H,32,33)/t18-,20-,21+,22+,23+,26-,27+,28+,29-/m0/s1. The van der Waals surface area contributed by atoms with Crippen LogP contribution in [-0.4, -0.2) is 33.5 Å². The van der Waals surface area contributed by atoms with Crippen LogP contribution in [0, 0.1) is 44.8 Å². The average Bonchev–Trinajstić information content (AvgIpc) is 2.72. The molecule has 0 bridgehead atoms. The molecule has 0 spiro atoms. The minimum absolute atomic E-state index is 0.0245. The van der Waals surface area contributed by atoms with Crippen LogP contribution in [0.2, 0.25) is 0 Å². The zero-order valence-corrected chi connectivity index (χ0v) is 21.3. The van der Waals surface area contributed by atoms with Crippen molar-refractivity contribution < 1.29 is 20.1 Å². The molecule has 4 nitrogen and oxygen atoms in total. The predicted octanol–water partition coefficient (Wildman–Crippen LogP) is 5.73. The maximum absolute atomic E-state index is 12.7. The van der Waals surface area contributed by atoms with Gasteiger partial charge in [-0.15, -0.1) is 0 Å². The van der Waals surface area contributed by atoms with E-state index in [1.807, 2.05) is 0 Å². The molecule has 33 heavy (non-hydrogen) atoms. The second-order valence-corrected chi connectivity index (χ2v) is 14.0. The summed E-state index contributed by atoms with van der Waals surface area (Å²) in [4.78, 5) is 12.7. The molecule has 0 aromatic rings. The van der Waals surface area contributed by atoms with Crippen LogP contribution in [0.3, 0.4) is 0 Å². The van der Waals surface area contributed by atoms with Gasteiger partial charge in [0.25, 0.3) is 0 Å². The number of aliphatic hydroxyl groups is 2. The Hall–Kier alpha value is -1.13. The summed E-state index contributed by atoms with van der Waals surface area (Å²) in [6.07, 6.45) is 8.96. The van der Waals surface area contributed by atoms with Crippen molar-refractivity contribution in [2.75, 3.05) is 0 Å². The zero-order chi connectivity index (χ0) is 24.2. The molecular formula is C29H44O4. The topological polar surface area (TPSA) is 77.8 Å². The third-order valence-corrected chi connectivity index (χ3v) is 12.2. The number of fused-ring (bicyclic) bond motifs is 7. The van der Waals surface area contributed by atoms with Gasteiger partial charge in [-0.25, -0.2) is 0 Å². The summed E-state index contributed by atoms with van der Waals surface area (Å²) < 4.78 is 0. The van der Waals surface area contributed by atoms with Crippen LogP contribution >= 0.6 is 0 Å². The Bertz CT molecular complexity index is 919. The van der Waals surface area contributed by atoms with Gasteiger partial charge in [0, 0.05) is 0 Å². The zero-order valence-electron chi connectivity index (χ0n) is 21.3. The van der Waals surface area contributed by atoms with Crippen molar-refractivity contribution >= 4 is 5.97 Å². The van der Waals surface area contributed by atoms with Crippen molar-refractivity contribution in [3.63, 3.8) is 0 Å². The van der Waals surface area contributed by atoms with Gasteiger partial charge in [0.15, 0.2) is 0 Å². The molecule has 0 heterocycles. The van der Waals surface area contributed by atoms with Gasteiger partial charge in [-0.3, -0.25) is 4.79 Å². The fraction of sp³-hybridized carbons (Fsp3) is 0.828. The SMILES string of the molecule is C=C1[C@@H](O)[C@H](O)C[C@]2(C)[C@H]3CC=C4[C@@H]5CC(C)(C)CC[C@]5(C(=O)O)CC[C@@]4(C)[C@]3(C)CC[C@@H]12. The molecule has 9 atom stereocenters. The molecule has 0 amide bonds. The fourth-order valence-corrected chi connectivity index (χ4v) is 9.90. The maximum atomic E-state index is 12.7. The summed E-state index contributed by atoms with van der Waals surface area (Å²) in [5.41, 5.74) is 1.75. The van der Waals surface area contributed by atoms with Gasteiger partial charge in [-0.2, -0.15) is 0 Å². The highest BCUT2D eigenvalue weighted by Gasteiger charge is 2.68. The molecule has 5 aliphatic rings. The number of hydrogen-bond donors (Lipinski definition) is 3. The molecule has 0 saturated heterocycles. The minimum atomic E-state index is -0.812. The second kappa shape index (κ2) is 6.97. The summed E-state index contributed by atoms with van der Waals surface area (Å²) in [5, 5.41) is 31.7. The molecular weight excluding hydrogens is 412 g/mol. The molecule has 4 saturated carbocycles. The number of carbonyl (C=O) groups is 1. The summed E-state index contributed by atoms with van der Waals surface area (Å²) in [6.45, 7) is 16.1. The lowest BCUT2D eigenvalue weighted by atomic mass is 9.34. The van der Waals surface area contributed by atoms with Crippen LogP contribution in [-0.2, 0) is 4.79 Å². The molecule has 3 N–H and O–H groups in total. The first kappa shape index (κ1) is 23.6. The number of rotatable bonds is 1. The van der Waals surface area contributed by atoms with Gasteiger partial charge in [-0.1, -0.05) is 52.8 Å². The van der Waals surface area contributed by atoms with Crippen LogP contribution in [0.1, 0.15) is 92.4 Å². The Labute approximate surface area is 199 Å². The number of carboxylic acid groups (broad SMARTS) is 1. The van der Waals surface area contributed by atoms with Gasteiger partial charge in [0.1, 0.15) is 6.10 Å². The van der Waals surface area contributed by atoms with Gasteiger partial charge in [0.05, 0.1) is 11.5 Å². The Morgan fingerprint density at radius 1 is 0.970 bits per heavy atom. The van der Waals surface area contributed by atoms with Crippen molar-refractivity contribution in [3.05, 3.63) is 23.8 Å². The average molecular weight is 457 g/mol. The van der Waals surface area contributed by atoms with Gasteiger partial charge >= 0.3 is 5.97 Å². The molecule has 0 aromatic carbocycles. The summed E-state index contributed by atoms with van der Waals surface area (Å²) in [5.74, 6) is 0.164. The number of aliphatic carboxylic acids is 1. The Morgan fingerprint density at radius 2 is 1.64 bits per heavy atom. The molecule has 184 valence electrons. The van der Waals surface area contributed by atoms with E-state index < -0.39 is 23.6 Å². The van der Waals surface area contributed by atoms with Crippen molar-refractivity contribution in [2.45, 2.75) is 105 Å². The van der Waals surface area contributed by atoms with Crippen LogP contribution in [0.4, 0.5) is 0 Å². The minimum Gasteiger partial charge on any atom is -0.481 e. The van der Waals surface area contributed by atoms with E-state index in [9.17, 15) is 20.1 Å². The van der Waals surface area contributed by atoms with Crippen LogP contribution in [0.5, 0.6) is 0 Å². The largest absolute Gasteiger partial charge is 0.481 e. The van der Waals surface area contributed by atoms with E-state index >= 15 is 0 Å². The fourth-order valence-electron chi connectivity index (χ4n) is 9.90. The Kier molecular flexibility index (Phi) is 4.98. The maximum Gasteiger partial charge on any atom is 0.310 e. The van der Waals surface area contributed by atoms with Crippen molar-refractivity contribution in [3.8, 4) is 0 Å². The predicted molar refractivity (Wildman–Crippen MR) is 129 cm³/mol. The van der Waals surface area contributed by atoms with E-state index in [4.69, 9.17) is 0 Å². The molecule has 5 aliphatic carbocycles. The first-order valence-electron chi connectivity index (χ1n) is 13.2. The highest BCUT2D eigenvalue weighted by molar-refractivity contribution is 5.76. The first-order valence-corrected chi connectivity index (χ1v) is 13.2. The number of allylic oxidation sites excluding steroid dienone is 2. The summed E-state index contributed by atoms with van der Waals surface area (Å²) in [6, 6.07) is 0. The first-order chi connectivity index (χ1) is 15.2. The van der Waals surface area contributed by atoms with Crippen molar-refractivity contribution in [2.24, 2.45) is 44.8 Å². The normalized spacial score (nSPS) is 53.1. The van der Waals surface area contributed by atoms with Crippen molar-refractivity contribution in [1.29, 1.82) is 0 Å². The quantitative estimate of drug-likeness (QED) is 0.440. The van der Waals surface area contributed by atoms with Crippen LogP contribution in [0.25, 0.3) is 0 Å². The number of carboxylic acids is 1. The molecule has 4 heteroatoms. The third kappa shape index (κ3) is 2.86. The van der Waals surface area contributed by atoms with Crippen molar-refractivity contribution in [1.82, 2.24) is 0 Å². The molecule has 4 fully saturated rings. The van der Waals surface area contributed by atoms with Crippen LogP contribution < -0.4 is 0 Å². The van der Waals surface area contributed by atoms with E-state index in [1.54, 1.807) is 0 Å². The number of hydrogen-bond acceptors (Lipinski definition) is 3. The lowest BCUT2D eigenvalue weighted by Crippen LogP contribution is -2.64. The van der Waals surface area contributed by atoms with E-state index in [-0.39, 0.29) is 33.5 Å². The smallest absolute Gasteiger partial charge is 0.310 e. The Morgan fingerprint density at radius 3 is 2.30 bits per heavy atom. The van der Waals surface area contributed by atoms with E-state index in [2.05, 4.69) is 47.3 Å². The molecule has 0 unspecified atom stereocenters. The lowest BCUT2D eigenvalue weighted by Gasteiger charge is -2.69. The molecule has 0 aliphatic heterocycles. The van der Waals surface area contributed by atoms with Gasteiger partial charge in [-0.05, 0) is 103 Å². The monoisotopic (exact) mass is 456 g/mol. The number of aliphatic hydroxyl groups excluding tert-OH is 2. The highest BCUT2D eigenvalue weighted by atomic mass is 16.4. The Balaban J connectivity index is 1.60. The lowest BCUT2D eigenvalue weighted by molar-refractivity contribution is -0.180. The van der Waals surface area contributed by atoms with E-state index in [0.29, 0.717) is 12.3 Å². The third-order valence-electron chi connectivity index (χ3n) is 12.2. The van der Waals surface area contributed by atoms with Crippen LogP contribution in [0.15, 0.2) is 23.8 Å². The molecule has 0 aromatic heterocycles. The second-order valence-electron chi connectivity index (χ2n) is 14.0. The molecule has 0 radical (unpaired) electrons. The van der Waals surface area contributed by atoms with E-state index in [1.165, 1.54) is 5.57 Å². The summed E-state index contributed by atoms with van der Waals surface area (Å²) in [7, 11) is 0. The highest BCUT2D eigenvalue weighted by Crippen LogP contribution is 2.74. The van der Waals surface area contributed by atoms with Gasteiger partial charge < -0.3 is 15.3 Å². The molecule has 5 rings (SSSR count).